The minimum atomic E-state index is -4.40. The molecule has 1 aromatic rings. The molecule has 5 nitrogen and oxygen atoms in total. The molecule has 2 N–H and O–H groups in total. The van der Waals surface area contributed by atoms with E-state index in [2.05, 4.69) is 15.6 Å². The number of methoxy groups -OCH3 is 1. The third kappa shape index (κ3) is 9.93. The van der Waals surface area contributed by atoms with Crippen LogP contribution in [0.3, 0.4) is 0 Å². The fraction of sp³-hybridized carbons (Fsp3) is 0.588. The predicted octanol–water partition coefficient (Wildman–Crippen LogP) is 4.11. The van der Waals surface area contributed by atoms with E-state index in [1.165, 1.54) is 13.2 Å². The molecular formula is C17H27F3IN3O2. The Labute approximate surface area is 169 Å². The lowest BCUT2D eigenvalue weighted by atomic mass is 10.1. The highest BCUT2D eigenvalue weighted by molar-refractivity contribution is 14.0. The van der Waals surface area contributed by atoms with Crippen LogP contribution in [0.15, 0.2) is 23.2 Å². The number of guanidine groups is 1. The molecule has 0 saturated carbocycles. The topological polar surface area (TPSA) is 54.9 Å². The lowest BCUT2D eigenvalue weighted by Gasteiger charge is -2.23. The molecule has 150 valence electrons. The van der Waals surface area contributed by atoms with Crippen LogP contribution in [-0.2, 0) is 6.54 Å². The number of nitrogens with one attached hydrogen (secondary N) is 2. The Morgan fingerprint density at radius 2 is 1.81 bits per heavy atom. The molecule has 0 amide bonds. The summed E-state index contributed by atoms with van der Waals surface area (Å²) in [7, 11) is 1.38. The van der Waals surface area contributed by atoms with Crippen LogP contribution >= 0.6 is 24.0 Å². The molecule has 1 rings (SSSR count). The van der Waals surface area contributed by atoms with E-state index in [9.17, 15) is 13.2 Å². The average Bonchev–Trinajstić information content (AvgIpc) is 2.49. The predicted molar refractivity (Wildman–Crippen MR) is 108 cm³/mol. The summed E-state index contributed by atoms with van der Waals surface area (Å²) >= 11 is 0. The summed E-state index contributed by atoms with van der Waals surface area (Å²) in [5.41, 5.74) is 0.649. The van der Waals surface area contributed by atoms with Gasteiger partial charge in [0.05, 0.1) is 13.7 Å². The smallest absolute Gasteiger partial charge is 0.422 e. The Morgan fingerprint density at radius 3 is 2.31 bits per heavy atom. The largest absolute Gasteiger partial charge is 0.493 e. The number of nitrogens with zero attached hydrogens (tertiary/aromatic N) is 1. The second kappa shape index (κ2) is 10.7. The van der Waals surface area contributed by atoms with Gasteiger partial charge in [-0.15, -0.1) is 24.0 Å². The van der Waals surface area contributed by atoms with Gasteiger partial charge < -0.3 is 20.1 Å². The molecule has 0 fully saturated rings. The first-order valence-electron chi connectivity index (χ1n) is 7.97. The van der Waals surface area contributed by atoms with Crippen LogP contribution < -0.4 is 20.1 Å². The average molecular weight is 489 g/mol. The van der Waals surface area contributed by atoms with Gasteiger partial charge in [-0.25, -0.2) is 4.99 Å². The van der Waals surface area contributed by atoms with Gasteiger partial charge >= 0.3 is 6.18 Å². The molecule has 9 heteroatoms. The van der Waals surface area contributed by atoms with Crippen LogP contribution in [0.5, 0.6) is 11.5 Å². The lowest BCUT2D eigenvalue weighted by Crippen LogP contribution is -2.47. The number of aliphatic imine (C=N–C) groups is 1. The maximum Gasteiger partial charge on any atom is 0.422 e. The molecule has 1 aromatic carbocycles. The zero-order valence-corrected chi connectivity index (χ0v) is 18.0. The van der Waals surface area contributed by atoms with Gasteiger partial charge in [-0.1, -0.05) is 6.07 Å². The summed E-state index contributed by atoms with van der Waals surface area (Å²) in [6.45, 7) is 7.74. The van der Waals surface area contributed by atoms with Gasteiger partial charge in [0.2, 0.25) is 0 Å². The zero-order valence-electron chi connectivity index (χ0n) is 15.7. The number of halogens is 4. The Bertz CT molecular complexity index is 588. The molecular weight excluding hydrogens is 462 g/mol. The molecule has 0 aliphatic carbocycles. The molecule has 0 atom stereocenters. The van der Waals surface area contributed by atoms with E-state index in [-0.39, 0.29) is 41.0 Å². The van der Waals surface area contributed by atoms with Gasteiger partial charge in [0.25, 0.3) is 0 Å². The molecule has 26 heavy (non-hydrogen) atoms. The monoisotopic (exact) mass is 489 g/mol. The van der Waals surface area contributed by atoms with E-state index >= 15 is 0 Å². The van der Waals surface area contributed by atoms with E-state index in [1.54, 1.807) is 12.1 Å². The van der Waals surface area contributed by atoms with Crippen LogP contribution in [-0.4, -0.2) is 37.9 Å². The fourth-order valence-electron chi connectivity index (χ4n) is 1.92. The van der Waals surface area contributed by atoms with Gasteiger partial charge in [0, 0.05) is 12.1 Å². The maximum absolute atomic E-state index is 12.3. The molecule has 0 aromatic heterocycles. The van der Waals surface area contributed by atoms with Crippen molar-refractivity contribution in [2.75, 3.05) is 20.3 Å². The highest BCUT2D eigenvalue weighted by atomic mass is 127. The van der Waals surface area contributed by atoms with Crippen molar-refractivity contribution >= 4 is 29.9 Å². The Morgan fingerprint density at radius 1 is 1.15 bits per heavy atom. The summed E-state index contributed by atoms with van der Waals surface area (Å²) < 4.78 is 46.7. The molecule has 0 aliphatic heterocycles. The second-order valence-electron chi connectivity index (χ2n) is 6.46. The molecule has 0 bridgehead atoms. The van der Waals surface area contributed by atoms with E-state index in [1.807, 2.05) is 27.7 Å². The minimum absolute atomic E-state index is 0. The summed E-state index contributed by atoms with van der Waals surface area (Å²) in [6, 6.07) is 4.74. The number of alkyl halides is 3. The van der Waals surface area contributed by atoms with Gasteiger partial charge in [-0.05, 0) is 45.4 Å². The summed E-state index contributed by atoms with van der Waals surface area (Å²) in [4.78, 5) is 4.48. The van der Waals surface area contributed by atoms with Crippen molar-refractivity contribution in [1.29, 1.82) is 0 Å². The highest BCUT2D eigenvalue weighted by Gasteiger charge is 2.29. The first-order chi connectivity index (χ1) is 11.5. The number of hydrogen-bond donors (Lipinski definition) is 2. The van der Waals surface area contributed by atoms with Crippen molar-refractivity contribution in [2.24, 2.45) is 4.99 Å². The SMILES string of the molecule is CCNC(=NCc1ccc(OCC(F)(F)F)c(OC)c1)NC(C)(C)C.I. The molecule has 0 spiro atoms. The van der Waals surface area contributed by atoms with Crippen molar-refractivity contribution in [1.82, 2.24) is 10.6 Å². The van der Waals surface area contributed by atoms with Crippen LogP contribution in [0.1, 0.15) is 33.3 Å². The van der Waals surface area contributed by atoms with Crippen LogP contribution in [0.4, 0.5) is 13.2 Å². The minimum Gasteiger partial charge on any atom is -0.493 e. The summed E-state index contributed by atoms with van der Waals surface area (Å²) in [5, 5.41) is 6.41. The number of ether oxygens (including phenoxy) is 2. The van der Waals surface area contributed by atoms with E-state index in [0.29, 0.717) is 12.5 Å². The van der Waals surface area contributed by atoms with Gasteiger partial charge in [0.15, 0.2) is 24.1 Å². The van der Waals surface area contributed by atoms with E-state index in [4.69, 9.17) is 9.47 Å². The number of hydrogen-bond acceptors (Lipinski definition) is 3. The van der Waals surface area contributed by atoms with Gasteiger partial charge in [0.1, 0.15) is 0 Å². The Balaban J connectivity index is 0.00000625. The van der Waals surface area contributed by atoms with Crippen LogP contribution in [0, 0.1) is 0 Å². The molecule has 0 heterocycles. The van der Waals surface area contributed by atoms with E-state index in [0.717, 1.165) is 12.1 Å². The first-order valence-corrected chi connectivity index (χ1v) is 7.97. The van der Waals surface area contributed by atoms with Crippen molar-refractivity contribution in [3.8, 4) is 11.5 Å². The Hall–Kier alpha value is -1.39. The maximum atomic E-state index is 12.3. The van der Waals surface area contributed by atoms with E-state index < -0.39 is 12.8 Å². The Kier molecular flexibility index (Phi) is 10.1. The number of benzene rings is 1. The third-order valence-electron chi connectivity index (χ3n) is 2.88. The normalized spacial score (nSPS) is 12.2. The van der Waals surface area contributed by atoms with Crippen molar-refractivity contribution in [3.05, 3.63) is 23.8 Å². The highest BCUT2D eigenvalue weighted by Crippen LogP contribution is 2.30. The van der Waals surface area contributed by atoms with Crippen LogP contribution in [0.2, 0.25) is 0 Å². The van der Waals surface area contributed by atoms with Gasteiger partial charge in [-0.3, -0.25) is 0 Å². The molecule has 0 radical (unpaired) electrons. The zero-order chi connectivity index (χ0) is 19.1. The fourth-order valence-corrected chi connectivity index (χ4v) is 1.92. The van der Waals surface area contributed by atoms with Crippen molar-refractivity contribution in [2.45, 2.75) is 46.0 Å². The standard InChI is InChI=1S/C17H26F3N3O2.HI/c1-6-21-15(23-16(2,3)4)22-10-12-7-8-13(14(9-12)24-5)25-11-17(18,19)20;/h7-9H,6,10-11H2,1-5H3,(H2,21,22,23);1H. The molecule has 0 unspecified atom stereocenters. The van der Waals surface area contributed by atoms with Crippen molar-refractivity contribution < 1.29 is 22.6 Å². The van der Waals surface area contributed by atoms with Crippen molar-refractivity contribution in [3.63, 3.8) is 0 Å². The lowest BCUT2D eigenvalue weighted by molar-refractivity contribution is -0.153. The quantitative estimate of drug-likeness (QED) is 0.359. The summed E-state index contributed by atoms with van der Waals surface area (Å²) in [5.74, 6) is 0.948. The molecule has 0 saturated heterocycles. The number of rotatable bonds is 6. The molecule has 0 aliphatic rings. The van der Waals surface area contributed by atoms with Crippen LogP contribution in [0.25, 0.3) is 0 Å². The summed E-state index contributed by atoms with van der Waals surface area (Å²) in [6.07, 6.45) is -4.40. The second-order valence-corrected chi connectivity index (χ2v) is 6.46. The van der Waals surface area contributed by atoms with Gasteiger partial charge in [-0.2, -0.15) is 13.2 Å². The first kappa shape index (κ1) is 24.6. The third-order valence-corrected chi connectivity index (χ3v) is 2.88.